The van der Waals surface area contributed by atoms with E-state index in [-0.39, 0.29) is 18.2 Å². The third-order valence-corrected chi connectivity index (χ3v) is 4.23. The number of anilines is 2. The molecule has 0 saturated heterocycles. The van der Waals surface area contributed by atoms with E-state index in [2.05, 4.69) is 29.0 Å². The molecule has 24 heavy (non-hydrogen) atoms. The van der Waals surface area contributed by atoms with Crippen molar-refractivity contribution >= 4 is 34.0 Å². The highest BCUT2D eigenvalue weighted by molar-refractivity contribution is 7.14. The first kappa shape index (κ1) is 17.9. The van der Waals surface area contributed by atoms with Gasteiger partial charge in [0.05, 0.1) is 6.61 Å². The Morgan fingerprint density at radius 1 is 1.17 bits per heavy atom. The van der Waals surface area contributed by atoms with Gasteiger partial charge in [-0.25, -0.2) is 9.78 Å². The van der Waals surface area contributed by atoms with E-state index in [0.717, 1.165) is 18.8 Å². The number of aromatic nitrogens is 1. The van der Waals surface area contributed by atoms with Gasteiger partial charge in [-0.05, 0) is 45.0 Å². The van der Waals surface area contributed by atoms with Crippen LogP contribution in [0.3, 0.4) is 0 Å². The van der Waals surface area contributed by atoms with Crippen LogP contribution in [0.5, 0.6) is 0 Å². The fourth-order valence-electron chi connectivity index (χ4n) is 2.21. The van der Waals surface area contributed by atoms with Crippen LogP contribution in [0.15, 0.2) is 29.6 Å². The highest BCUT2D eigenvalue weighted by Crippen LogP contribution is 2.19. The molecular weight excluding hydrogens is 326 g/mol. The van der Waals surface area contributed by atoms with Crippen molar-refractivity contribution < 1.29 is 14.3 Å². The van der Waals surface area contributed by atoms with Gasteiger partial charge < -0.3 is 9.64 Å². The Morgan fingerprint density at radius 2 is 1.83 bits per heavy atom. The zero-order valence-electron chi connectivity index (χ0n) is 14.0. The maximum absolute atomic E-state index is 12.3. The minimum Gasteiger partial charge on any atom is -0.461 e. The van der Waals surface area contributed by atoms with Crippen molar-refractivity contribution in [3.05, 3.63) is 40.9 Å². The van der Waals surface area contributed by atoms with Crippen LogP contribution >= 0.6 is 11.3 Å². The Balaban J connectivity index is 2.03. The van der Waals surface area contributed by atoms with Gasteiger partial charge in [-0.2, -0.15) is 0 Å². The van der Waals surface area contributed by atoms with E-state index in [0.29, 0.717) is 10.7 Å². The van der Waals surface area contributed by atoms with Crippen LogP contribution in [-0.2, 0) is 4.74 Å². The van der Waals surface area contributed by atoms with Crippen LogP contribution < -0.4 is 10.2 Å². The molecule has 0 aliphatic rings. The fourth-order valence-corrected chi connectivity index (χ4v) is 2.89. The summed E-state index contributed by atoms with van der Waals surface area (Å²) in [6.07, 6.45) is 0. The molecule has 6 nitrogen and oxygen atoms in total. The molecule has 128 valence electrons. The van der Waals surface area contributed by atoms with E-state index in [1.54, 1.807) is 24.4 Å². The third-order valence-electron chi connectivity index (χ3n) is 3.47. The highest BCUT2D eigenvalue weighted by atomic mass is 32.1. The maximum atomic E-state index is 12.3. The number of amides is 1. The molecule has 0 fully saturated rings. The maximum Gasteiger partial charge on any atom is 0.357 e. The summed E-state index contributed by atoms with van der Waals surface area (Å²) in [4.78, 5) is 30.1. The Bertz CT molecular complexity index is 693. The van der Waals surface area contributed by atoms with Crippen LogP contribution in [0.25, 0.3) is 0 Å². The van der Waals surface area contributed by atoms with Gasteiger partial charge in [-0.15, -0.1) is 11.3 Å². The lowest BCUT2D eigenvalue weighted by atomic mass is 10.2. The molecule has 2 aromatic rings. The minimum absolute atomic E-state index is 0.203. The van der Waals surface area contributed by atoms with Crippen molar-refractivity contribution in [3.8, 4) is 0 Å². The second-order valence-electron chi connectivity index (χ2n) is 4.93. The second kappa shape index (κ2) is 8.44. The van der Waals surface area contributed by atoms with Crippen molar-refractivity contribution in [1.29, 1.82) is 0 Å². The summed E-state index contributed by atoms with van der Waals surface area (Å²) in [5.74, 6) is -0.747. The number of esters is 1. The lowest BCUT2D eigenvalue weighted by Gasteiger charge is -2.20. The molecule has 0 unspecified atom stereocenters. The van der Waals surface area contributed by atoms with Crippen molar-refractivity contribution in [2.24, 2.45) is 0 Å². The summed E-state index contributed by atoms with van der Waals surface area (Å²) in [6.45, 7) is 8.03. The Hall–Kier alpha value is -2.41. The lowest BCUT2D eigenvalue weighted by Crippen LogP contribution is -2.21. The molecule has 1 N–H and O–H groups in total. The van der Waals surface area contributed by atoms with E-state index in [1.807, 2.05) is 12.1 Å². The van der Waals surface area contributed by atoms with Gasteiger partial charge >= 0.3 is 5.97 Å². The van der Waals surface area contributed by atoms with Crippen LogP contribution in [0, 0.1) is 0 Å². The van der Waals surface area contributed by atoms with Crippen LogP contribution in [0.4, 0.5) is 10.8 Å². The number of nitrogens with zero attached hydrogens (tertiary/aromatic N) is 2. The number of thiazole rings is 1. The Labute approximate surface area is 145 Å². The fraction of sp³-hybridized carbons (Fsp3) is 0.353. The monoisotopic (exact) mass is 347 g/mol. The smallest absolute Gasteiger partial charge is 0.357 e. The summed E-state index contributed by atoms with van der Waals surface area (Å²) in [5, 5.41) is 4.64. The minimum atomic E-state index is -0.488. The number of hydrogen-bond acceptors (Lipinski definition) is 6. The molecule has 1 heterocycles. The van der Waals surface area contributed by atoms with E-state index >= 15 is 0 Å². The molecule has 1 aromatic carbocycles. The largest absolute Gasteiger partial charge is 0.461 e. The van der Waals surface area contributed by atoms with E-state index in [4.69, 9.17) is 4.74 Å². The number of carbonyl (C=O) groups excluding carboxylic acids is 2. The number of carbonyl (C=O) groups is 2. The first-order valence-corrected chi connectivity index (χ1v) is 8.76. The van der Waals surface area contributed by atoms with Gasteiger partial charge in [0.1, 0.15) is 0 Å². The first-order valence-electron chi connectivity index (χ1n) is 7.88. The zero-order chi connectivity index (χ0) is 17.5. The van der Waals surface area contributed by atoms with Gasteiger partial charge in [-0.3, -0.25) is 10.1 Å². The normalized spacial score (nSPS) is 10.3. The third kappa shape index (κ3) is 4.32. The average molecular weight is 347 g/mol. The number of hydrogen-bond donors (Lipinski definition) is 1. The van der Waals surface area contributed by atoms with Gasteiger partial charge in [0, 0.05) is 29.7 Å². The van der Waals surface area contributed by atoms with Crippen molar-refractivity contribution in [2.45, 2.75) is 20.8 Å². The lowest BCUT2D eigenvalue weighted by molar-refractivity contribution is 0.0520. The van der Waals surface area contributed by atoms with Crippen molar-refractivity contribution in [2.75, 3.05) is 29.9 Å². The van der Waals surface area contributed by atoms with E-state index < -0.39 is 5.97 Å². The van der Waals surface area contributed by atoms with Crippen molar-refractivity contribution in [3.63, 3.8) is 0 Å². The number of benzene rings is 1. The van der Waals surface area contributed by atoms with Gasteiger partial charge in [0.25, 0.3) is 5.91 Å². The topological polar surface area (TPSA) is 71.5 Å². The van der Waals surface area contributed by atoms with Gasteiger partial charge in [0.15, 0.2) is 10.8 Å². The highest BCUT2D eigenvalue weighted by Gasteiger charge is 2.14. The summed E-state index contributed by atoms with van der Waals surface area (Å²) in [7, 11) is 0. The summed E-state index contributed by atoms with van der Waals surface area (Å²) < 4.78 is 4.88. The Morgan fingerprint density at radius 3 is 2.42 bits per heavy atom. The molecule has 2 rings (SSSR count). The molecule has 1 aromatic heterocycles. The van der Waals surface area contributed by atoms with Crippen LogP contribution in [-0.4, -0.2) is 36.6 Å². The molecule has 0 radical (unpaired) electrons. The predicted octanol–water partition coefficient (Wildman–Crippen LogP) is 3.42. The zero-order valence-corrected chi connectivity index (χ0v) is 14.9. The summed E-state index contributed by atoms with van der Waals surface area (Å²) in [6, 6.07) is 7.41. The summed E-state index contributed by atoms with van der Waals surface area (Å²) >= 11 is 1.19. The molecule has 1 amide bonds. The standard InChI is InChI=1S/C17H21N3O3S/c1-4-20(5-2)13-9-7-12(8-10-13)15(21)19-17-18-14(11-24-17)16(22)23-6-3/h7-11H,4-6H2,1-3H3,(H,18,19,21). The molecule has 0 spiro atoms. The molecule has 0 atom stereocenters. The second-order valence-corrected chi connectivity index (χ2v) is 5.79. The average Bonchev–Trinajstić information content (AvgIpc) is 3.05. The van der Waals surface area contributed by atoms with E-state index in [9.17, 15) is 9.59 Å². The van der Waals surface area contributed by atoms with Gasteiger partial charge in [-0.1, -0.05) is 0 Å². The first-order chi connectivity index (χ1) is 11.6. The quantitative estimate of drug-likeness (QED) is 0.777. The SMILES string of the molecule is CCOC(=O)c1csc(NC(=O)c2ccc(N(CC)CC)cc2)n1. The Kier molecular flexibility index (Phi) is 6.31. The molecular formula is C17H21N3O3S. The number of nitrogens with one attached hydrogen (secondary N) is 1. The van der Waals surface area contributed by atoms with Crippen LogP contribution in [0.1, 0.15) is 41.6 Å². The number of ether oxygens (including phenoxy) is 1. The van der Waals surface area contributed by atoms with Gasteiger partial charge in [0.2, 0.25) is 0 Å². The molecule has 0 aliphatic heterocycles. The molecule has 0 aliphatic carbocycles. The van der Waals surface area contributed by atoms with E-state index in [1.165, 1.54) is 11.3 Å². The molecule has 0 bridgehead atoms. The molecule has 7 heteroatoms. The number of rotatable bonds is 7. The predicted molar refractivity (Wildman–Crippen MR) is 96.0 cm³/mol. The summed E-state index contributed by atoms with van der Waals surface area (Å²) in [5.41, 5.74) is 1.82. The van der Waals surface area contributed by atoms with Crippen LogP contribution in [0.2, 0.25) is 0 Å². The van der Waals surface area contributed by atoms with Crippen molar-refractivity contribution in [1.82, 2.24) is 4.98 Å². The molecule has 0 saturated carbocycles.